The van der Waals surface area contributed by atoms with Gasteiger partial charge in [0.05, 0.1) is 163 Å². The van der Waals surface area contributed by atoms with Gasteiger partial charge in [0.25, 0.3) is 11.8 Å². The first kappa shape index (κ1) is 44.3. The number of hydrogen-bond acceptors (Lipinski definition) is 15. The molecule has 0 aliphatic carbocycles. The predicted molar refractivity (Wildman–Crippen MR) is 182 cm³/mol. The second-order valence-electron chi connectivity index (χ2n) is 10.4. The highest BCUT2D eigenvalue weighted by Crippen LogP contribution is 2.21. The van der Waals surface area contributed by atoms with Crippen LogP contribution in [0.15, 0.2) is 36.9 Å². The lowest BCUT2D eigenvalue weighted by Gasteiger charge is -2.13. The zero-order chi connectivity index (χ0) is 36.5. The molecule has 1 aromatic carbocycles. The van der Waals surface area contributed by atoms with E-state index in [0.29, 0.717) is 150 Å². The van der Waals surface area contributed by atoms with Crippen LogP contribution in [-0.2, 0) is 61.6 Å². The van der Waals surface area contributed by atoms with Crippen molar-refractivity contribution in [3.8, 4) is 0 Å². The summed E-state index contributed by atoms with van der Waals surface area (Å²) in [6.45, 7) is 13.3. The van der Waals surface area contributed by atoms with E-state index in [1.807, 2.05) is 0 Å². The number of carbonyl (C=O) groups is 3. The minimum atomic E-state index is -0.465. The normalized spacial score (nSPS) is 12.5. The van der Waals surface area contributed by atoms with Crippen LogP contribution in [0, 0.1) is 0 Å². The van der Waals surface area contributed by atoms with E-state index >= 15 is 0 Å². The third-order valence-electron chi connectivity index (χ3n) is 6.70. The lowest BCUT2D eigenvalue weighted by Crippen LogP contribution is -2.33. The minimum absolute atomic E-state index is 0.190. The van der Waals surface area contributed by atoms with E-state index in [2.05, 4.69) is 6.58 Å². The lowest BCUT2D eigenvalue weighted by atomic mass is 10.1. The molecule has 1 aliphatic heterocycles. The predicted octanol–water partition coefficient (Wildman–Crippen LogP) is 1.19. The van der Waals surface area contributed by atoms with Gasteiger partial charge in [0, 0.05) is 6.08 Å². The molecule has 0 bridgehead atoms. The number of esters is 1. The standard InChI is InChI=1S/C35H55NO15/c1-2-33(37)51-30-29-50-28-27-49-26-25-48-24-23-47-22-21-46-20-19-45-18-17-44-16-15-43-14-13-42-12-11-41-10-9-40-8-7-36-34(38)31-5-3-4-6-32(31)35(36)39/h2-6H,1,7-30H2. The van der Waals surface area contributed by atoms with Crippen molar-refractivity contribution in [1.29, 1.82) is 0 Å². The second kappa shape index (κ2) is 31.8. The van der Waals surface area contributed by atoms with E-state index in [1.54, 1.807) is 24.3 Å². The van der Waals surface area contributed by atoms with Crippen molar-refractivity contribution in [3.05, 3.63) is 48.0 Å². The van der Waals surface area contributed by atoms with Gasteiger partial charge in [0.1, 0.15) is 6.61 Å². The Morgan fingerprint density at radius 2 is 0.706 bits per heavy atom. The van der Waals surface area contributed by atoms with Crippen LogP contribution in [-0.4, -0.2) is 181 Å². The Kier molecular flexibility index (Phi) is 27.6. The zero-order valence-electron chi connectivity index (χ0n) is 29.6. The third-order valence-corrected chi connectivity index (χ3v) is 6.70. The molecule has 51 heavy (non-hydrogen) atoms. The summed E-state index contributed by atoms with van der Waals surface area (Å²) >= 11 is 0. The number of benzene rings is 1. The van der Waals surface area contributed by atoms with Crippen LogP contribution >= 0.6 is 0 Å². The Morgan fingerprint density at radius 1 is 0.451 bits per heavy atom. The van der Waals surface area contributed by atoms with Crippen LogP contribution in [0.1, 0.15) is 20.7 Å². The molecule has 0 saturated carbocycles. The molecule has 0 spiro atoms. The second-order valence-corrected chi connectivity index (χ2v) is 10.4. The summed E-state index contributed by atoms with van der Waals surface area (Å²) in [6.07, 6.45) is 1.11. The van der Waals surface area contributed by atoms with Crippen LogP contribution in [0.25, 0.3) is 0 Å². The highest BCUT2D eigenvalue weighted by molar-refractivity contribution is 6.21. The largest absolute Gasteiger partial charge is 0.460 e. The highest BCUT2D eigenvalue weighted by Gasteiger charge is 2.34. The van der Waals surface area contributed by atoms with Gasteiger partial charge in [0.15, 0.2) is 0 Å². The number of fused-ring (bicyclic) bond motifs is 1. The Morgan fingerprint density at radius 3 is 0.980 bits per heavy atom. The van der Waals surface area contributed by atoms with E-state index in [1.165, 1.54) is 4.90 Å². The fourth-order valence-corrected chi connectivity index (χ4v) is 4.16. The summed E-state index contributed by atoms with van der Waals surface area (Å²) in [5.74, 6) is -1.03. The smallest absolute Gasteiger partial charge is 0.330 e. The molecule has 0 N–H and O–H groups in total. The van der Waals surface area contributed by atoms with Gasteiger partial charge in [-0.2, -0.15) is 0 Å². The van der Waals surface area contributed by atoms with E-state index in [4.69, 9.17) is 56.8 Å². The first-order valence-electron chi connectivity index (χ1n) is 17.2. The number of rotatable bonds is 37. The van der Waals surface area contributed by atoms with Gasteiger partial charge in [0.2, 0.25) is 0 Å². The first-order valence-corrected chi connectivity index (χ1v) is 17.2. The summed E-state index contributed by atoms with van der Waals surface area (Å²) in [6, 6.07) is 6.80. The van der Waals surface area contributed by atoms with Crippen molar-refractivity contribution in [3.63, 3.8) is 0 Å². The van der Waals surface area contributed by atoms with Gasteiger partial charge in [-0.05, 0) is 12.1 Å². The minimum Gasteiger partial charge on any atom is -0.460 e. The maximum Gasteiger partial charge on any atom is 0.330 e. The van der Waals surface area contributed by atoms with Crippen LogP contribution in [0.3, 0.4) is 0 Å². The molecule has 0 radical (unpaired) electrons. The molecule has 1 heterocycles. The molecule has 0 atom stereocenters. The summed E-state index contributed by atoms with van der Waals surface area (Å²) in [5, 5.41) is 0. The molecule has 0 saturated heterocycles. The lowest BCUT2D eigenvalue weighted by molar-refractivity contribution is -0.139. The molecule has 0 fully saturated rings. The van der Waals surface area contributed by atoms with E-state index in [0.717, 1.165) is 6.08 Å². The third kappa shape index (κ3) is 22.6. The van der Waals surface area contributed by atoms with Gasteiger partial charge < -0.3 is 56.8 Å². The number of nitrogens with zero attached hydrogens (tertiary/aromatic N) is 1. The molecule has 1 aliphatic rings. The molecule has 1 aromatic rings. The molecule has 16 nitrogen and oxygen atoms in total. The van der Waals surface area contributed by atoms with Crippen molar-refractivity contribution < 1.29 is 71.2 Å². The monoisotopic (exact) mass is 729 g/mol. The fraction of sp³-hybridized carbons (Fsp3) is 0.686. The SMILES string of the molecule is C=CC(=O)OCCOCCOCCOCCOCCOCCOCCOCCOCCOCCOCCOCCN1C(=O)c2ccccc2C1=O. The summed E-state index contributed by atoms with van der Waals surface area (Å²) < 4.78 is 64.6. The van der Waals surface area contributed by atoms with Gasteiger partial charge in [-0.3, -0.25) is 14.5 Å². The van der Waals surface area contributed by atoms with Crippen LogP contribution in [0.4, 0.5) is 0 Å². The van der Waals surface area contributed by atoms with Gasteiger partial charge in [-0.25, -0.2) is 4.79 Å². The summed E-state index contributed by atoms with van der Waals surface area (Å²) in [5.41, 5.74) is 0.875. The number of amides is 2. The fourth-order valence-electron chi connectivity index (χ4n) is 4.16. The highest BCUT2D eigenvalue weighted by atomic mass is 16.6. The van der Waals surface area contributed by atoms with E-state index in [9.17, 15) is 14.4 Å². The number of imide groups is 1. The molecule has 2 amide bonds. The van der Waals surface area contributed by atoms with Crippen molar-refractivity contribution in [2.24, 2.45) is 0 Å². The topological polar surface area (TPSA) is 165 Å². The Labute approximate surface area is 300 Å². The van der Waals surface area contributed by atoms with Crippen molar-refractivity contribution >= 4 is 17.8 Å². The van der Waals surface area contributed by atoms with Gasteiger partial charge in [-0.15, -0.1) is 0 Å². The van der Waals surface area contributed by atoms with Crippen molar-refractivity contribution in [2.75, 3.05) is 159 Å². The molecule has 0 unspecified atom stereocenters. The molecule has 290 valence electrons. The maximum absolute atomic E-state index is 12.3. The van der Waals surface area contributed by atoms with Gasteiger partial charge in [-0.1, -0.05) is 18.7 Å². The molecule has 0 aromatic heterocycles. The summed E-state index contributed by atoms with van der Waals surface area (Å²) in [7, 11) is 0. The summed E-state index contributed by atoms with van der Waals surface area (Å²) in [4.78, 5) is 36.7. The molecular weight excluding hydrogens is 674 g/mol. The average Bonchev–Trinajstić information content (AvgIpc) is 3.39. The molecule has 16 heteroatoms. The maximum atomic E-state index is 12.3. The Balaban J connectivity index is 1.16. The van der Waals surface area contributed by atoms with Crippen LogP contribution in [0.5, 0.6) is 0 Å². The van der Waals surface area contributed by atoms with Crippen molar-refractivity contribution in [1.82, 2.24) is 4.90 Å². The van der Waals surface area contributed by atoms with E-state index < -0.39 is 5.97 Å². The molecular formula is C35H55NO15. The Hall–Kier alpha value is -2.87. The average molecular weight is 730 g/mol. The Bertz CT molecular complexity index is 1020. The quantitative estimate of drug-likeness (QED) is 0.0415. The first-order chi connectivity index (χ1) is 25.1. The zero-order valence-corrected chi connectivity index (χ0v) is 29.6. The number of hydrogen-bond donors (Lipinski definition) is 0. The van der Waals surface area contributed by atoms with Gasteiger partial charge >= 0.3 is 5.97 Å². The van der Waals surface area contributed by atoms with Crippen molar-refractivity contribution in [2.45, 2.75) is 0 Å². The van der Waals surface area contributed by atoms with Crippen LogP contribution in [0.2, 0.25) is 0 Å². The van der Waals surface area contributed by atoms with Crippen LogP contribution < -0.4 is 0 Å². The van der Waals surface area contributed by atoms with E-state index in [-0.39, 0.29) is 31.6 Å². The number of carbonyl (C=O) groups excluding carboxylic acids is 3. The molecule has 2 rings (SSSR count). The number of ether oxygens (including phenoxy) is 12.